The van der Waals surface area contributed by atoms with Crippen LogP contribution in [0, 0.1) is 13.8 Å². The summed E-state index contributed by atoms with van der Waals surface area (Å²) in [6.07, 6.45) is -1.29. The van der Waals surface area contributed by atoms with Crippen molar-refractivity contribution in [3.63, 3.8) is 0 Å². The number of hydrogen-bond acceptors (Lipinski definition) is 7. The molecule has 9 nitrogen and oxygen atoms in total. The van der Waals surface area contributed by atoms with Crippen molar-refractivity contribution in [1.29, 1.82) is 0 Å². The van der Waals surface area contributed by atoms with Crippen LogP contribution in [-0.2, 0) is 19.1 Å². The number of ether oxygens (including phenoxy) is 2. The van der Waals surface area contributed by atoms with Crippen LogP contribution in [-0.4, -0.2) is 46.1 Å². The fourth-order valence-corrected chi connectivity index (χ4v) is 2.89. The molecule has 9 heteroatoms. The molecular formula is C25H22N2O7. The number of amides is 1. The first-order valence-corrected chi connectivity index (χ1v) is 10.2. The number of aliphatic carboxylic acids is 1. The predicted octanol–water partition coefficient (Wildman–Crippen LogP) is 3.17. The second kappa shape index (κ2) is 10.9. The minimum absolute atomic E-state index is 0.0770. The average Bonchev–Trinajstić information content (AvgIpc) is 2.82. The first kappa shape index (κ1) is 24.1. The Bertz CT molecular complexity index is 1180. The highest BCUT2D eigenvalue weighted by Crippen LogP contribution is 2.16. The van der Waals surface area contributed by atoms with Gasteiger partial charge in [-0.2, -0.15) is 0 Å². The molecule has 0 aliphatic rings. The van der Waals surface area contributed by atoms with E-state index in [9.17, 15) is 24.3 Å². The van der Waals surface area contributed by atoms with Crippen molar-refractivity contribution in [2.24, 2.45) is 0 Å². The van der Waals surface area contributed by atoms with Crippen molar-refractivity contribution < 1.29 is 33.8 Å². The van der Waals surface area contributed by atoms with Crippen molar-refractivity contribution in [2.75, 3.05) is 5.32 Å². The molecule has 0 unspecified atom stereocenters. The number of nitrogens with zero attached hydrogens (tertiary/aromatic N) is 1. The zero-order chi connectivity index (χ0) is 24.7. The van der Waals surface area contributed by atoms with E-state index in [2.05, 4.69) is 10.3 Å². The fraction of sp³-hybridized carbons (Fsp3) is 0.160. The van der Waals surface area contributed by atoms with Crippen LogP contribution in [0.3, 0.4) is 0 Å². The largest absolute Gasteiger partial charge is 0.478 e. The van der Waals surface area contributed by atoms with E-state index in [1.807, 2.05) is 13.8 Å². The van der Waals surface area contributed by atoms with Gasteiger partial charge in [0.05, 0.1) is 23.0 Å². The number of carbonyl (C=O) groups excluding carboxylic acids is 3. The highest BCUT2D eigenvalue weighted by atomic mass is 16.6. The second-order valence-electron chi connectivity index (χ2n) is 7.45. The van der Waals surface area contributed by atoms with E-state index < -0.39 is 36.0 Å². The Kier molecular flexibility index (Phi) is 7.71. The molecule has 3 rings (SSSR count). The van der Waals surface area contributed by atoms with Gasteiger partial charge in [-0.25, -0.2) is 14.4 Å². The Morgan fingerprint density at radius 2 is 1.29 bits per heavy atom. The van der Waals surface area contributed by atoms with E-state index in [1.165, 1.54) is 42.7 Å². The van der Waals surface area contributed by atoms with Crippen LogP contribution in [0.2, 0.25) is 0 Å². The van der Waals surface area contributed by atoms with E-state index in [-0.39, 0.29) is 16.8 Å². The van der Waals surface area contributed by atoms with Crippen molar-refractivity contribution in [3.8, 4) is 0 Å². The number of carboxylic acid groups (broad SMARTS) is 1. The van der Waals surface area contributed by atoms with Crippen molar-refractivity contribution in [2.45, 2.75) is 26.1 Å². The van der Waals surface area contributed by atoms with Crippen molar-refractivity contribution in [1.82, 2.24) is 4.98 Å². The van der Waals surface area contributed by atoms with E-state index in [0.29, 0.717) is 0 Å². The maximum Gasteiger partial charge on any atom is 0.349 e. The molecule has 2 N–H and O–H groups in total. The summed E-state index contributed by atoms with van der Waals surface area (Å²) in [5.74, 6) is -4.61. The number of pyridine rings is 1. The second-order valence-corrected chi connectivity index (χ2v) is 7.45. The van der Waals surface area contributed by atoms with Gasteiger partial charge < -0.3 is 19.9 Å². The number of aryl methyl sites for hydroxylation is 2. The molecule has 0 bridgehead atoms. The Labute approximate surface area is 195 Å². The zero-order valence-corrected chi connectivity index (χ0v) is 18.4. The number of esters is 2. The highest BCUT2D eigenvalue weighted by molar-refractivity contribution is 6.01. The monoisotopic (exact) mass is 462 g/mol. The quantitative estimate of drug-likeness (QED) is 0.488. The third-order valence-corrected chi connectivity index (χ3v) is 4.75. The molecule has 0 saturated heterocycles. The summed E-state index contributed by atoms with van der Waals surface area (Å²) < 4.78 is 10.4. The Morgan fingerprint density at radius 1 is 0.794 bits per heavy atom. The average molecular weight is 462 g/mol. The van der Waals surface area contributed by atoms with Gasteiger partial charge in [0.15, 0.2) is 0 Å². The van der Waals surface area contributed by atoms with Gasteiger partial charge in [0.2, 0.25) is 12.2 Å². The summed E-state index contributed by atoms with van der Waals surface area (Å²) in [5.41, 5.74) is 2.18. The molecule has 34 heavy (non-hydrogen) atoms. The molecule has 174 valence electrons. The minimum Gasteiger partial charge on any atom is -0.478 e. The molecule has 3 aromatic rings. The number of carboxylic acids is 1. The Balaban J connectivity index is 1.89. The Hall–Kier alpha value is -4.53. The van der Waals surface area contributed by atoms with E-state index in [4.69, 9.17) is 9.47 Å². The topological polar surface area (TPSA) is 132 Å². The van der Waals surface area contributed by atoms with Crippen LogP contribution in [0.15, 0.2) is 73.1 Å². The van der Waals surface area contributed by atoms with Crippen LogP contribution in [0.1, 0.15) is 31.8 Å². The lowest BCUT2D eigenvalue weighted by atomic mass is 10.1. The fourth-order valence-electron chi connectivity index (χ4n) is 2.89. The van der Waals surface area contributed by atoms with E-state index >= 15 is 0 Å². The van der Waals surface area contributed by atoms with Gasteiger partial charge in [-0.15, -0.1) is 0 Å². The maximum atomic E-state index is 13.0. The molecule has 0 radical (unpaired) electrons. The first-order chi connectivity index (χ1) is 16.2. The number of benzene rings is 2. The SMILES string of the molecule is Cc1ccc(C(=O)O[C@H](C(=O)O)[C@H](OC(=O)c2ccc(C)cc2)C(=O)Nc2cccnc2)cc1. The van der Waals surface area contributed by atoms with Gasteiger partial charge in [-0.3, -0.25) is 9.78 Å². The summed E-state index contributed by atoms with van der Waals surface area (Å²) in [7, 11) is 0. The molecule has 1 amide bonds. The van der Waals surface area contributed by atoms with Crippen LogP contribution < -0.4 is 5.32 Å². The number of aromatic nitrogens is 1. The maximum absolute atomic E-state index is 13.0. The third-order valence-electron chi connectivity index (χ3n) is 4.75. The summed E-state index contributed by atoms with van der Waals surface area (Å²) in [6, 6.07) is 15.5. The lowest BCUT2D eigenvalue weighted by Gasteiger charge is -2.23. The van der Waals surface area contributed by atoms with Crippen LogP contribution in [0.4, 0.5) is 5.69 Å². The summed E-state index contributed by atoms with van der Waals surface area (Å²) in [6.45, 7) is 3.64. The van der Waals surface area contributed by atoms with Crippen molar-refractivity contribution in [3.05, 3.63) is 95.3 Å². The summed E-state index contributed by atoms with van der Waals surface area (Å²) in [5, 5.41) is 12.2. The predicted molar refractivity (Wildman–Crippen MR) is 121 cm³/mol. The molecule has 0 aliphatic carbocycles. The standard InChI is InChI=1S/C25H22N2O7/c1-15-5-9-17(10-6-15)24(31)33-20(22(28)27-19-4-3-13-26-14-19)21(23(29)30)34-25(32)18-11-7-16(2)8-12-18/h3-14,20-21H,1-2H3,(H,27,28)(H,29,30)/t20-,21-/m0/s1. The van der Waals surface area contributed by atoms with Crippen molar-refractivity contribution >= 4 is 29.5 Å². The number of nitrogens with one attached hydrogen (secondary N) is 1. The van der Waals surface area contributed by atoms with Crippen LogP contribution >= 0.6 is 0 Å². The van der Waals surface area contributed by atoms with Gasteiger partial charge in [0.1, 0.15) is 0 Å². The number of carbonyl (C=O) groups is 4. The van der Waals surface area contributed by atoms with Crippen LogP contribution in [0.25, 0.3) is 0 Å². The molecule has 1 heterocycles. The normalized spacial score (nSPS) is 12.2. The number of hydrogen-bond donors (Lipinski definition) is 2. The lowest BCUT2D eigenvalue weighted by Crippen LogP contribution is -2.48. The molecule has 2 aromatic carbocycles. The molecule has 0 fully saturated rings. The minimum atomic E-state index is -2.11. The van der Waals surface area contributed by atoms with Gasteiger partial charge in [0, 0.05) is 6.20 Å². The van der Waals surface area contributed by atoms with E-state index in [0.717, 1.165) is 11.1 Å². The van der Waals surface area contributed by atoms with Gasteiger partial charge in [-0.1, -0.05) is 35.4 Å². The number of anilines is 1. The summed E-state index contributed by atoms with van der Waals surface area (Å²) >= 11 is 0. The molecule has 0 spiro atoms. The van der Waals surface area contributed by atoms with Gasteiger partial charge >= 0.3 is 17.9 Å². The smallest absolute Gasteiger partial charge is 0.349 e. The molecular weight excluding hydrogens is 440 g/mol. The van der Waals surface area contributed by atoms with Gasteiger partial charge in [-0.05, 0) is 50.2 Å². The molecule has 0 aliphatic heterocycles. The zero-order valence-electron chi connectivity index (χ0n) is 18.4. The van der Waals surface area contributed by atoms with Crippen LogP contribution in [0.5, 0.6) is 0 Å². The molecule has 0 saturated carbocycles. The number of rotatable bonds is 8. The van der Waals surface area contributed by atoms with E-state index in [1.54, 1.807) is 30.3 Å². The summed E-state index contributed by atoms with van der Waals surface area (Å²) in [4.78, 5) is 54.1. The lowest BCUT2D eigenvalue weighted by molar-refractivity contribution is -0.157. The Morgan fingerprint density at radius 3 is 1.74 bits per heavy atom. The van der Waals surface area contributed by atoms with Gasteiger partial charge in [0.25, 0.3) is 5.91 Å². The molecule has 1 aromatic heterocycles. The first-order valence-electron chi connectivity index (χ1n) is 10.2. The third kappa shape index (κ3) is 6.26. The highest BCUT2D eigenvalue weighted by Gasteiger charge is 2.41. The molecule has 2 atom stereocenters.